The molecule has 1 atom stereocenters. The Balaban J connectivity index is 2.55. The van der Waals surface area contributed by atoms with Crippen molar-refractivity contribution in [2.24, 2.45) is 5.73 Å². The lowest BCUT2D eigenvalue weighted by Gasteiger charge is -2.33. The van der Waals surface area contributed by atoms with Crippen LogP contribution in [0.1, 0.15) is 39.5 Å². The molecule has 0 spiro atoms. The van der Waals surface area contributed by atoms with E-state index in [0.717, 1.165) is 26.2 Å². The first kappa shape index (κ1) is 13.5. The number of nitrogens with two attached hydrogens (primary N) is 1. The van der Waals surface area contributed by atoms with Gasteiger partial charge >= 0.3 is 0 Å². The molecular weight excluding hydrogens is 202 g/mol. The van der Waals surface area contributed by atoms with Gasteiger partial charge in [0.1, 0.15) is 5.54 Å². The second-order valence-corrected chi connectivity index (χ2v) is 4.92. The first-order chi connectivity index (χ1) is 7.58. The van der Waals surface area contributed by atoms with E-state index in [1.54, 1.807) is 0 Å². The second kappa shape index (κ2) is 6.21. The minimum atomic E-state index is -0.584. The molecule has 0 radical (unpaired) electrons. The Hall–Kier alpha value is -0.610. The van der Waals surface area contributed by atoms with Gasteiger partial charge in [-0.15, -0.1) is 0 Å². The maximum Gasteiger partial charge on any atom is 0.238 e. The molecule has 1 amide bonds. The van der Waals surface area contributed by atoms with Crippen LogP contribution in [0.5, 0.6) is 0 Å². The van der Waals surface area contributed by atoms with E-state index in [4.69, 9.17) is 5.73 Å². The van der Waals surface area contributed by atoms with Gasteiger partial charge in [-0.3, -0.25) is 4.79 Å². The largest absolute Gasteiger partial charge is 0.368 e. The summed E-state index contributed by atoms with van der Waals surface area (Å²) in [5, 5.41) is 3.21. The third kappa shape index (κ3) is 3.76. The van der Waals surface area contributed by atoms with Crippen molar-refractivity contribution >= 4 is 5.91 Å². The number of nitrogens with one attached hydrogen (secondary N) is 1. The lowest BCUT2D eigenvalue weighted by molar-refractivity contribution is -0.124. The molecule has 4 heteroatoms. The molecule has 0 bridgehead atoms. The van der Waals surface area contributed by atoms with Crippen LogP contribution in [0.2, 0.25) is 0 Å². The van der Waals surface area contributed by atoms with Gasteiger partial charge in [-0.25, -0.2) is 0 Å². The van der Waals surface area contributed by atoms with Crippen LogP contribution in [0.15, 0.2) is 0 Å². The van der Waals surface area contributed by atoms with Gasteiger partial charge in [0.25, 0.3) is 0 Å². The van der Waals surface area contributed by atoms with E-state index >= 15 is 0 Å². The zero-order valence-corrected chi connectivity index (χ0v) is 10.6. The summed E-state index contributed by atoms with van der Waals surface area (Å²) in [5.74, 6) is -0.251. The Morgan fingerprint density at radius 1 is 1.31 bits per heavy atom. The number of hydrogen-bond donors (Lipinski definition) is 2. The lowest BCUT2D eigenvalue weighted by atomic mass is 10.0. The highest BCUT2D eigenvalue weighted by Crippen LogP contribution is 2.13. The molecule has 1 rings (SSSR count). The topological polar surface area (TPSA) is 58.4 Å². The van der Waals surface area contributed by atoms with Gasteiger partial charge in [-0.1, -0.05) is 19.8 Å². The van der Waals surface area contributed by atoms with Crippen LogP contribution in [0, 0.1) is 0 Å². The summed E-state index contributed by atoms with van der Waals surface area (Å²) in [7, 11) is 0. The van der Waals surface area contributed by atoms with Gasteiger partial charge < -0.3 is 16.0 Å². The van der Waals surface area contributed by atoms with Crippen molar-refractivity contribution in [2.75, 3.05) is 26.2 Å². The fourth-order valence-electron chi connectivity index (χ4n) is 2.35. The summed E-state index contributed by atoms with van der Waals surface area (Å²) < 4.78 is 0. The summed E-state index contributed by atoms with van der Waals surface area (Å²) in [5.41, 5.74) is 4.90. The van der Waals surface area contributed by atoms with E-state index in [-0.39, 0.29) is 5.91 Å². The van der Waals surface area contributed by atoms with Gasteiger partial charge in [0.2, 0.25) is 5.91 Å². The zero-order valence-electron chi connectivity index (χ0n) is 10.6. The molecule has 0 saturated carbocycles. The monoisotopic (exact) mass is 227 g/mol. The normalized spacial score (nSPS) is 22.4. The number of carbonyl (C=O) groups is 1. The van der Waals surface area contributed by atoms with Crippen molar-refractivity contribution in [3.63, 3.8) is 0 Å². The third-order valence-electron chi connectivity index (χ3n) is 3.35. The van der Waals surface area contributed by atoms with Crippen molar-refractivity contribution in [1.82, 2.24) is 10.2 Å². The minimum absolute atomic E-state index is 0.251. The van der Waals surface area contributed by atoms with E-state index in [1.807, 2.05) is 13.8 Å². The van der Waals surface area contributed by atoms with Gasteiger partial charge in [0.15, 0.2) is 0 Å². The predicted octanol–water partition coefficient (Wildman–Crippen LogP) is 0.716. The van der Waals surface area contributed by atoms with E-state index < -0.39 is 5.54 Å². The van der Waals surface area contributed by atoms with Crippen LogP contribution >= 0.6 is 0 Å². The molecule has 16 heavy (non-hydrogen) atoms. The van der Waals surface area contributed by atoms with Crippen molar-refractivity contribution in [2.45, 2.75) is 45.1 Å². The Bertz CT molecular complexity index is 224. The Morgan fingerprint density at radius 2 is 1.88 bits per heavy atom. The standard InChI is InChI=1S/C12H25N3O/c1-3-14-12(2,11(13)16)10-15-8-6-4-5-7-9-15/h14H,3-10H2,1-2H3,(H2,13,16). The minimum Gasteiger partial charge on any atom is -0.368 e. The van der Waals surface area contributed by atoms with Crippen LogP contribution < -0.4 is 11.1 Å². The number of nitrogens with zero attached hydrogens (tertiary/aromatic N) is 1. The molecule has 0 aliphatic carbocycles. The lowest BCUT2D eigenvalue weighted by Crippen LogP contribution is -2.59. The molecule has 1 fully saturated rings. The molecule has 4 nitrogen and oxygen atoms in total. The Labute approximate surface area is 98.6 Å². The molecule has 0 aromatic heterocycles. The smallest absolute Gasteiger partial charge is 0.238 e. The van der Waals surface area contributed by atoms with Crippen molar-refractivity contribution in [3.8, 4) is 0 Å². The van der Waals surface area contributed by atoms with Crippen molar-refractivity contribution < 1.29 is 4.79 Å². The van der Waals surface area contributed by atoms with E-state index in [2.05, 4.69) is 10.2 Å². The molecule has 1 unspecified atom stereocenters. The highest BCUT2D eigenvalue weighted by Gasteiger charge is 2.32. The number of hydrogen-bond acceptors (Lipinski definition) is 3. The summed E-state index contributed by atoms with van der Waals surface area (Å²) in [6.07, 6.45) is 5.10. The van der Waals surface area contributed by atoms with Gasteiger partial charge in [0, 0.05) is 6.54 Å². The summed E-state index contributed by atoms with van der Waals surface area (Å²) in [4.78, 5) is 13.9. The van der Waals surface area contributed by atoms with Gasteiger partial charge in [0.05, 0.1) is 0 Å². The highest BCUT2D eigenvalue weighted by atomic mass is 16.1. The summed E-state index contributed by atoms with van der Waals surface area (Å²) in [6.45, 7) is 7.60. The molecule has 1 heterocycles. The fourth-order valence-corrected chi connectivity index (χ4v) is 2.35. The predicted molar refractivity (Wildman–Crippen MR) is 66.2 cm³/mol. The van der Waals surface area contributed by atoms with Gasteiger partial charge in [-0.05, 0) is 39.4 Å². The van der Waals surface area contributed by atoms with Crippen LogP contribution in [0.3, 0.4) is 0 Å². The summed E-state index contributed by atoms with van der Waals surface area (Å²) >= 11 is 0. The number of amides is 1. The van der Waals surface area contributed by atoms with E-state index in [1.165, 1.54) is 25.7 Å². The van der Waals surface area contributed by atoms with E-state index in [9.17, 15) is 4.79 Å². The quantitative estimate of drug-likeness (QED) is 0.727. The SMILES string of the molecule is CCNC(C)(CN1CCCCCC1)C(N)=O. The Morgan fingerprint density at radius 3 is 2.31 bits per heavy atom. The average Bonchev–Trinajstić information content (AvgIpc) is 2.46. The number of likely N-dealkylation sites (tertiary alicyclic amines) is 1. The van der Waals surface area contributed by atoms with Crippen LogP contribution in [-0.2, 0) is 4.79 Å². The molecule has 0 aromatic carbocycles. The molecule has 0 aromatic rings. The number of carbonyl (C=O) groups excluding carboxylic acids is 1. The second-order valence-electron chi connectivity index (χ2n) is 4.92. The molecule has 1 aliphatic heterocycles. The zero-order chi connectivity index (χ0) is 12.0. The maximum absolute atomic E-state index is 11.5. The first-order valence-electron chi connectivity index (χ1n) is 6.36. The molecule has 3 N–H and O–H groups in total. The average molecular weight is 227 g/mol. The Kier molecular flexibility index (Phi) is 5.22. The maximum atomic E-state index is 11.5. The van der Waals surface area contributed by atoms with Gasteiger partial charge in [-0.2, -0.15) is 0 Å². The summed E-state index contributed by atoms with van der Waals surface area (Å²) in [6, 6.07) is 0. The van der Waals surface area contributed by atoms with Crippen molar-refractivity contribution in [1.29, 1.82) is 0 Å². The van der Waals surface area contributed by atoms with Crippen LogP contribution in [0.25, 0.3) is 0 Å². The third-order valence-corrected chi connectivity index (χ3v) is 3.35. The fraction of sp³-hybridized carbons (Fsp3) is 0.917. The number of rotatable bonds is 5. The molecular formula is C12H25N3O. The van der Waals surface area contributed by atoms with E-state index in [0.29, 0.717) is 0 Å². The highest BCUT2D eigenvalue weighted by molar-refractivity contribution is 5.84. The molecule has 94 valence electrons. The number of likely N-dealkylation sites (N-methyl/N-ethyl adjacent to an activating group) is 1. The number of primary amides is 1. The van der Waals surface area contributed by atoms with Crippen LogP contribution in [0.4, 0.5) is 0 Å². The first-order valence-corrected chi connectivity index (χ1v) is 6.36. The van der Waals surface area contributed by atoms with Crippen molar-refractivity contribution in [3.05, 3.63) is 0 Å². The molecule has 1 saturated heterocycles. The molecule has 1 aliphatic rings. The van der Waals surface area contributed by atoms with Crippen LogP contribution in [-0.4, -0.2) is 42.5 Å².